The van der Waals surface area contributed by atoms with Crippen LogP contribution in [-0.2, 0) is 9.59 Å². The molecule has 5 rings (SSSR count). The van der Waals surface area contributed by atoms with Crippen molar-refractivity contribution >= 4 is 11.6 Å². The van der Waals surface area contributed by atoms with Gasteiger partial charge in [0, 0.05) is 23.8 Å². The van der Waals surface area contributed by atoms with Gasteiger partial charge in [0.05, 0.1) is 0 Å². The van der Waals surface area contributed by atoms with Gasteiger partial charge in [0.1, 0.15) is 5.78 Å². The summed E-state index contributed by atoms with van der Waals surface area (Å²) in [5.41, 5.74) is 7.85. The van der Waals surface area contributed by atoms with Gasteiger partial charge in [-0.15, -0.1) is 0 Å². The maximum atomic E-state index is 12.5. The van der Waals surface area contributed by atoms with Gasteiger partial charge in [0.25, 0.3) is 0 Å². The fraction of sp³-hybridized carbons (Fsp3) is 0.800. The van der Waals surface area contributed by atoms with Crippen LogP contribution >= 0.6 is 0 Å². The zero-order valence-electron chi connectivity index (χ0n) is 14.2. The molecule has 0 radical (unpaired) electrons. The lowest BCUT2D eigenvalue weighted by atomic mass is 9.46. The first-order valence-corrected chi connectivity index (χ1v) is 9.42. The first kappa shape index (κ1) is 14.4. The Hall–Kier alpha value is -0.960. The second kappa shape index (κ2) is 4.17. The van der Waals surface area contributed by atoms with Crippen LogP contribution in [0, 0.1) is 40.4 Å². The zero-order chi connectivity index (χ0) is 16.1. The Morgan fingerprint density at radius 1 is 1.09 bits per heavy atom. The Morgan fingerprint density at radius 2 is 1.87 bits per heavy atom. The zero-order valence-corrected chi connectivity index (χ0v) is 14.2. The van der Waals surface area contributed by atoms with Crippen molar-refractivity contribution < 1.29 is 9.59 Å². The molecule has 0 aromatic heterocycles. The van der Waals surface area contributed by atoms with E-state index in [1.54, 1.807) is 0 Å². The Labute approximate surface area is 138 Å². The number of Topliss-reactive ketones (excluding diaryl/α,β-unsaturated/α-hetero) is 1. The summed E-state index contributed by atoms with van der Waals surface area (Å²) < 4.78 is 0. The first-order valence-electron chi connectivity index (χ1n) is 9.42. The number of ketones is 2. The highest BCUT2D eigenvalue weighted by molar-refractivity contribution is 5.96. The second-order valence-electron chi connectivity index (χ2n) is 9.37. The largest absolute Gasteiger partial charge is 0.324 e. The van der Waals surface area contributed by atoms with Crippen LogP contribution in [0.25, 0.3) is 0 Å². The van der Waals surface area contributed by atoms with E-state index < -0.39 is 0 Å². The van der Waals surface area contributed by atoms with Crippen LogP contribution in [0.2, 0.25) is 0 Å². The van der Waals surface area contributed by atoms with E-state index in [9.17, 15) is 9.59 Å². The minimum absolute atomic E-state index is 0.0183. The van der Waals surface area contributed by atoms with Gasteiger partial charge in [0.15, 0.2) is 5.78 Å². The highest BCUT2D eigenvalue weighted by Gasteiger charge is 2.67. The van der Waals surface area contributed by atoms with Gasteiger partial charge in [-0.1, -0.05) is 13.8 Å². The van der Waals surface area contributed by atoms with Gasteiger partial charge in [-0.05, 0) is 72.8 Å². The predicted molar refractivity (Wildman–Crippen MR) is 87.4 cm³/mol. The molecular formula is C20H27NO2. The SMILES string of the molecule is C[C@]12CC[C@H]3[C@@H](C[C@H](N)C4=CC(=O)[C@H]5CC5[C@@]43C)[C@@H]1CCC2=O. The van der Waals surface area contributed by atoms with Gasteiger partial charge in [-0.25, -0.2) is 0 Å². The molecule has 4 saturated carbocycles. The molecule has 5 aliphatic carbocycles. The molecule has 2 N–H and O–H groups in total. The summed E-state index contributed by atoms with van der Waals surface area (Å²) in [5.74, 6) is 3.33. The number of carbonyl (C=O) groups excluding carboxylic acids is 2. The fourth-order valence-electron chi connectivity index (χ4n) is 7.35. The molecule has 0 aromatic rings. The summed E-state index contributed by atoms with van der Waals surface area (Å²) >= 11 is 0. The average molecular weight is 313 g/mol. The second-order valence-corrected chi connectivity index (χ2v) is 9.37. The third-order valence-electron chi connectivity index (χ3n) is 8.69. The molecule has 23 heavy (non-hydrogen) atoms. The number of rotatable bonds is 0. The molecule has 0 saturated heterocycles. The highest BCUT2D eigenvalue weighted by atomic mass is 16.1. The molecule has 0 spiro atoms. The summed E-state index contributed by atoms with van der Waals surface area (Å²) in [7, 11) is 0. The van der Waals surface area contributed by atoms with E-state index in [-0.39, 0.29) is 22.8 Å². The standard InChI is InChI=1S/C20H27NO2/c1-19-6-5-13-10(12(19)3-4-18(19)23)8-16(21)15-9-17(22)11-7-14(11)20(13,15)2/h9-14,16H,3-8,21H2,1-2H3/t10-,11-,12-,13-,14?,16-,19-,20-/m0/s1. The molecular weight excluding hydrogens is 286 g/mol. The lowest BCUT2D eigenvalue weighted by Crippen LogP contribution is -2.56. The van der Waals surface area contributed by atoms with E-state index in [4.69, 9.17) is 5.73 Å². The summed E-state index contributed by atoms with van der Waals surface area (Å²) in [4.78, 5) is 24.7. The van der Waals surface area contributed by atoms with E-state index in [2.05, 4.69) is 13.8 Å². The molecule has 0 bridgehead atoms. The molecule has 5 aliphatic rings. The molecule has 0 amide bonds. The monoisotopic (exact) mass is 313 g/mol. The van der Waals surface area contributed by atoms with Crippen molar-refractivity contribution in [1.29, 1.82) is 0 Å². The van der Waals surface area contributed by atoms with Crippen LogP contribution in [0.1, 0.15) is 52.4 Å². The molecule has 3 heteroatoms. The summed E-state index contributed by atoms with van der Waals surface area (Å²) in [6.07, 6.45) is 7.97. The third-order valence-corrected chi connectivity index (χ3v) is 8.69. The van der Waals surface area contributed by atoms with Gasteiger partial charge in [-0.2, -0.15) is 0 Å². The minimum Gasteiger partial charge on any atom is -0.324 e. The Kier molecular flexibility index (Phi) is 2.61. The number of carbonyl (C=O) groups is 2. The molecule has 4 fully saturated rings. The lowest BCUT2D eigenvalue weighted by Gasteiger charge is -2.58. The highest BCUT2D eigenvalue weighted by Crippen LogP contribution is 2.70. The van der Waals surface area contributed by atoms with E-state index in [1.165, 1.54) is 5.57 Å². The Bertz CT molecular complexity index is 652. The quantitative estimate of drug-likeness (QED) is 0.748. The molecule has 3 nitrogen and oxygen atoms in total. The molecule has 1 unspecified atom stereocenters. The number of fused-ring (bicyclic) bond motifs is 7. The van der Waals surface area contributed by atoms with Crippen molar-refractivity contribution in [3.8, 4) is 0 Å². The maximum Gasteiger partial charge on any atom is 0.159 e. The smallest absolute Gasteiger partial charge is 0.159 e. The van der Waals surface area contributed by atoms with E-state index in [1.807, 2.05) is 6.08 Å². The van der Waals surface area contributed by atoms with Crippen molar-refractivity contribution in [2.24, 2.45) is 46.2 Å². The third kappa shape index (κ3) is 1.55. The predicted octanol–water partition coefficient (Wildman–Crippen LogP) is 2.88. The number of hydrogen-bond acceptors (Lipinski definition) is 3. The van der Waals surface area contributed by atoms with E-state index in [0.29, 0.717) is 35.2 Å². The first-order chi connectivity index (χ1) is 10.9. The van der Waals surface area contributed by atoms with Gasteiger partial charge in [0.2, 0.25) is 0 Å². The Balaban J connectivity index is 1.59. The van der Waals surface area contributed by atoms with Crippen molar-refractivity contribution in [2.45, 2.75) is 58.4 Å². The summed E-state index contributed by atoms with van der Waals surface area (Å²) in [5, 5.41) is 0. The molecule has 0 heterocycles. The molecule has 124 valence electrons. The maximum absolute atomic E-state index is 12.5. The van der Waals surface area contributed by atoms with Crippen molar-refractivity contribution in [3.63, 3.8) is 0 Å². The number of hydrogen-bond donors (Lipinski definition) is 1. The Morgan fingerprint density at radius 3 is 2.65 bits per heavy atom. The number of nitrogens with two attached hydrogens (primary N) is 1. The van der Waals surface area contributed by atoms with Crippen LogP contribution in [-0.4, -0.2) is 17.6 Å². The summed E-state index contributed by atoms with van der Waals surface area (Å²) in [6, 6.07) is 0.0183. The average Bonchev–Trinajstić information content (AvgIpc) is 3.26. The van der Waals surface area contributed by atoms with Crippen LogP contribution in [0.4, 0.5) is 0 Å². The summed E-state index contributed by atoms with van der Waals surface area (Å²) in [6.45, 7) is 4.61. The van der Waals surface area contributed by atoms with Gasteiger partial charge >= 0.3 is 0 Å². The van der Waals surface area contributed by atoms with Crippen molar-refractivity contribution in [2.75, 3.05) is 0 Å². The van der Waals surface area contributed by atoms with Crippen molar-refractivity contribution in [1.82, 2.24) is 0 Å². The van der Waals surface area contributed by atoms with Crippen LogP contribution in [0.15, 0.2) is 11.6 Å². The topological polar surface area (TPSA) is 60.2 Å². The van der Waals surface area contributed by atoms with E-state index >= 15 is 0 Å². The lowest BCUT2D eigenvalue weighted by molar-refractivity contribution is -0.133. The minimum atomic E-state index is -0.0914. The van der Waals surface area contributed by atoms with Gasteiger partial charge < -0.3 is 5.73 Å². The normalized spacial score (nSPS) is 57.1. The molecule has 0 aliphatic heterocycles. The van der Waals surface area contributed by atoms with Crippen LogP contribution < -0.4 is 5.73 Å². The van der Waals surface area contributed by atoms with Crippen LogP contribution in [0.3, 0.4) is 0 Å². The van der Waals surface area contributed by atoms with Crippen LogP contribution in [0.5, 0.6) is 0 Å². The van der Waals surface area contributed by atoms with Crippen molar-refractivity contribution in [3.05, 3.63) is 11.6 Å². The molecule has 0 aromatic carbocycles. The fourth-order valence-corrected chi connectivity index (χ4v) is 7.35. The molecule has 8 atom stereocenters. The van der Waals surface area contributed by atoms with Gasteiger partial charge in [-0.3, -0.25) is 9.59 Å². The van der Waals surface area contributed by atoms with E-state index in [0.717, 1.165) is 38.5 Å².